The van der Waals surface area contributed by atoms with Crippen LogP contribution in [0.15, 0.2) is 24.3 Å². The molecule has 0 aromatic heterocycles. The molecule has 0 amide bonds. The van der Waals surface area contributed by atoms with Crippen LogP contribution in [0.1, 0.15) is 30.5 Å². The number of nitrogens with one attached hydrogen (secondary N) is 1. The summed E-state index contributed by atoms with van der Waals surface area (Å²) in [4.78, 5) is 0. The normalized spacial score (nSPS) is 15.1. The second-order valence-electron chi connectivity index (χ2n) is 4.69. The quantitative estimate of drug-likeness (QED) is 0.811. The van der Waals surface area contributed by atoms with Crippen molar-refractivity contribution in [2.24, 2.45) is 0 Å². The van der Waals surface area contributed by atoms with Gasteiger partial charge in [0.1, 0.15) is 0 Å². The van der Waals surface area contributed by atoms with E-state index >= 15 is 0 Å². The van der Waals surface area contributed by atoms with Crippen LogP contribution in [0.3, 0.4) is 0 Å². The Kier molecular flexibility index (Phi) is 6.45. The van der Waals surface area contributed by atoms with E-state index in [0.29, 0.717) is 13.0 Å². The highest BCUT2D eigenvalue weighted by Gasteiger charge is 2.30. The van der Waals surface area contributed by atoms with Crippen LogP contribution in [-0.2, 0) is 10.9 Å². The van der Waals surface area contributed by atoms with Gasteiger partial charge < -0.3 is 15.2 Å². The van der Waals surface area contributed by atoms with E-state index in [1.807, 2.05) is 6.92 Å². The molecule has 0 spiro atoms. The maximum absolute atomic E-state index is 12.4. The molecule has 2 N–H and O–H groups in total. The fraction of sp³-hybridized carbons (Fsp3) is 0.571. The number of hydrogen-bond acceptors (Lipinski definition) is 3. The lowest BCUT2D eigenvalue weighted by Gasteiger charge is -2.16. The minimum absolute atomic E-state index is 0.0768. The first-order valence-electron chi connectivity index (χ1n) is 6.42. The largest absolute Gasteiger partial charge is 0.416 e. The molecule has 0 aliphatic heterocycles. The zero-order chi connectivity index (χ0) is 15.2. The van der Waals surface area contributed by atoms with Gasteiger partial charge in [-0.3, -0.25) is 0 Å². The van der Waals surface area contributed by atoms with Gasteiger partial charge in [-0.25, -0.2) is 0 Å². The summed E-state index contributed by atoms with van der Waals surface area (Å²) in [6, 6.07) is 5.01. The summed E-state index contributed by atoms with van der Waals surface area (Å²) in [6.45, 7) is 2.70. The smallest absolute Gasteiger partial charge is 0.391 e. The molecule has 3 nitrogen and oxygen atoms in total. The molecule has 0 bridgehead atoms. The van der Waals surface area contributed by atoms with Crippen LogP contribution in [0.25, 0.3) is 0 Å². The fourth-order valence-electron chi connectivity index (χ4n) is 1.82. The Morgan fingerprint density at radius 3 is 2.35 bits per heavy atom. The lowest BCUT2D eigenvalue weighted by Crippen LogP contribution is -2.25. The summed E-state index contributed by atoms with van der Waals surface area (Å²) in [7, 11) is 1.52. The number of halogens is 3. The number of hydrogen-bond donors (Lipinski definition) is 2. The fourth-order valence-corrected chi connectivity index (χ4v) is 1.82. The molecule has 20 heavy (non-hydrogen) atoms. The number of alkyl halides is 3. The van der Waals surface area contributed by atoms with Crippen LogP contribution in [0, 0.1) is 0 Å². The van der Waals surface area contributed by atoms with Crippen molar-refractivity contribution in [1.29, 1.82) is 0 Å². The lowest BCUT2D eigenvalue weighted by atomic mass is 10.1. The first kappa shape index (κ1) is 16.9. The molecular formula is C14H20F3NO2. The Balaban J connectivity index is 2.46. The third-order valence-electron chi connectivity index (χ3n) is 3.03. The van der Waals surface area contributed by atoms with Crippen molar-refractivity contribution in [3.05, 3.63) is 35.4 Å². The highest BCUT2D eigenvalue weighted by Crippen LogP contribution is 2.29. The molecule has 1 aromatic carbocycles. The van der Waals surface area contributed by atoms with Crippen molar-refractivity contribution in [3.63, 3.8) is 0 Å². The summed E-state index contributed by atoms with van der Waals surface area (Å²) in [5.74, 6) is 0. The SMILES string of the molecule is COCC(O)CCNC(C)c1ccc(C(F)(F)F)cc1. The van der Waals surface area contributed by atoms with E-state index in [4.69, 9.17) is 4.74 Å². The zero-order valence-electron chi connectivity index (χ0n) is 11.6. The topological polar surface area (TPSA) is 41.5 Å². The summed E-state index contributed by atoms with van der Waals surface area (Å²) in [5, 5.41) is 12.6. The second kappa shape index (κ2) is 7.61. The van der Waals surface area contributed by atoms with Crippen LogP contribution in [-0.4, -0.2) is 31.5 Å². The van der Waals surface area contributed by atoms with Crippen molar-refractivity contribution in [3.8, 4) is 0 Å². The Labute approximate surface area is 116 Å². The maximum atomic E-state index is 12.4. The van der Waals surface area contributed by atoms with Gasteiger partial charge in [0.15, 0.2) is 0 Å². The minimum Gasteiger partial charge on any atom is -0.391 e. The van der Waals surface area contributed by atoms with E-state index in [1.54, 1.807) is 0 Å². The third-order valence-corrected chi connectivity index (χ3v) is 3.03. The molecule has 0 heterocycles. The average molecular weight is 291 g/mol. The van der Waals surface area contributed by atoms with Gasteiger partial charge in [0.2, 0.25) is 0 Å². The van der Waals surface area contributed by atoms with Gasteiger partial charge in [0.25, 0.3) is 0 Å². The van der Waals surface area contributed by atoms with Crippen LogP contribution >= 0.6 is 0 Å². The second-order valence-corrected chi connectivity index (χ2v) is 4.69. The Hall–Kier alpha value is -1.11. The number of aliphatic hydroxyl groups excluding tert-OH is 1. The van der Waals surface area contributed by atoms with Crippen LogP contribution < -0.4 is 5.32 Å². The Morgan fingerprint density at radius 1 is 1.25 bits per heavy atom. The van der Waals surface area contributed by atoms with Crippen molar-refractivity contribution >= 4 is 0 Å². The first-order valence-corrected chi connectivity index (χ1v) is 6.42. The minimum atomic E-state index is -4.31. The van der Waals surface area contributed by atoms with E-state index in [-0.39, 0.29) is 12.6 Å². The van der Waals surface area contributed by atoms with Crippen molar-refractivity contribution in [2.45, 2.75) is 31.7 Å². The number of aliphatic hydroxyl groups is 1. The van der Waals surface area contributed by atoms with Gasteiger partial charge in [0.05, 0.1) is 18.3 Å². The molecule has 2 unspecified atom stereocenters. The summed E-state index contributed by atoms with van der Waals surface area (Å²) in [5.41, 5.74) is 0.128. The average Bonchev–Trinajstić information content (AvgIpc) is 2.38. The van der Waals surface area contributed by atoms with Crippen molar-refractivity contribution in [2.75, 3.05) is 20.3 Å². The van der Waals surface area contributed by atoms with E-state index in [9.17, 15) is 18.3 Å². The molecule has 0 saturated heterocycles. The number of rotatable bonds is 7. The van der Waals surface area contributed by atoms with Crippen LogP contribution in [0.4, 0.5) is 13.2 Å². The molecule has 1 rings (SSSR count). The van der Waals surface area contributed by atoms with Crippen molar-refractivity contribution < 1.29 is 23.0 Å². The van der Waals surface area contributed by atoms with Gasteiger partial charge in [0, 0.05) is 13.2 Å². The van der Waals surface area contributed by atoms with Gasteiger partial charge >= 0.3 is 6.18 Å². The standard InChI is InChI=1S/C14H20F3NO2/c1-10(18-8-7-13(19)9-20-2)11-3-5-12(6-4-11)14(15,16)17/h3-6,10,13,18-19H,7-9H2,1-2H3. The van der Waals surface area contributed by atoms with E-state index in [1.165, 1.54) is 19.2 Å². The maximum Gasteiger partial charge on any atom is 0.416 e. The van der Waals surface area contributed by atoms with E-state index in [0.717, 1.165) is 17.7 Å². The first-order chi connectivity index (χ1) is 9.34. The Morgan fingerprint density at radius 2 is 1.85 bits per heavy atom. The zero-order valence-corrected chi connectivity index (χ0v) is 11.6. The number of methoxy groups -OCH3 is 1. The van der Waals surface area contributed by atoms with E-state index in [2.05, 4.69) is 5.32 Å². The van der Waals surface area contributed by atoms with Crippen LogP contribution in [0.2, 0.25) is 0 Å². The third kappa shape index (κ3) is 5.48. The number of benzene rings is 1. The molecule has 1 aromatic rings. The Bertz CT molecular complexity index is 392. The lowest BCUT2D eigenvalue weighted by molar-refractivity contribution is -0.137. The monoisotopic (exact) mass is 291 g/mol. The van der Waals surface area contributed by atoms with E-state index < -0.39 is 17.8 Å². The molecule has 0 aliphatic carbocycles. The van der Waals surface area contributed by atoms with Crippen molar-refractivity contribution in [1.82, 2.24) is 5.32 Å². The highest BCUT2D eigenvalue weighted by molar-refractivity contribution is 5.26. The molecule has 0 aliphatic rings. The summed E-state index contributed by atoms with van der Waals surface area (Å²) >= 11 is 0. The van der Waals surface area contributed by atoms with Gasteiger partial charge in [-0.15, -0.1) is 0 Å². The van der Waals surface area contributed by atoms with Gasteiger partial charge in [-0.1, -0.05) is 12.1 Å². The van der Waals surface area contributed by atoms with Gasteiger partial charge in [-0.05, 0) is 37.6 Å². The molecular weight excluding hydrogens is 271 g/mol. The van der Waals surface area contributed by atoms with Crippen LogP contribution in [0.5, 0.6) is 0 Å². The molecule has 114 valence electrons. The molecule has 2 atom stereocenters. The van der Waals surface area contributed by atoms with Gasteiger partial charge in [-0.2, -0.15) is 13.2 Å². The molecule has 0 saturated carbocycles. The number of ether oxygens (including phenoxy) is 1. The predicted octanol–water partition coefficient (Wildman–Crippen LogP) is 2.75. The molecule has 6 heteroatoms. The predicted molar refractivity (Wildman–Crippen MR) is 70.4 cm³/mol. The highest BCUT2D eigenvalue weighted by atomic mass is 19.4. The summed E-state index contributed by atoms with van der Waals surface area (Å²) in [6.07, 6.45) is -4.31. The molecule has 0 radical (unpaired) electrons. The summed E-state index contributed by atoms with van der Waals surface area (Å²) < 4.78 is 42.1. The molecule has 0 fully saturated rings.